The van der Waals surface area contributed by atoms with Crippen LogP contribution in [0.1, 0.15) is 10.6 Å². The minimum absolute atomic E-state index is 0.0398. The van der Waals surface area contributed by atoms with Crippen molar-refractivity contribution in [2.45, 2.75) is 0 Å². The number of hydrogen-bond donors (Lipinski definition) is 1. The van der Waals surface area contributed by atoms with Crippen LogP contribution in [0, 0.1) is 3.57 Å². The minimum Gasteiger partial charge on any atom is -0.459 e. The lowest BCUT2D eigenvalue weighted by Crippen LogP contribution is -2.50. The summed E-state index contributed by atoms with van der Waals surface area (Å²) < 4.78 is 6.27. The number of hydrogen-bond acceptors (Lipinski definition) is 4. The molecule has 1 aromatic heterocycles. The van der Waals surface area contributed by atoms with Gasteiger partial charge in [-0.15, -0.1) is 0 Å². The maximum atomic E-state index is 12.2. The van der Waals surface area contributed by atoms with Crippen molar-refractivity contribution in [3.05, 3.63) is 52.0 Å². The molecule has 0 unspecified atom stereocenters. The van der Waals surface area contributed by atoms with E-state index in [0.29, 0.717) is 38.5 Å². The maximum absolute atomic E-state index is 12.2. The second-order valence-electron chi connectivity index (χ2n) is 5.60. The van der Waals surface area contributed by atoms with Crippen LogP contribution in [-0.2, 0) is 4.79 Å². The lowest BCUT2D eigenvalue weighted by molar-refractivity contribution is -0.117. The zero-order valence-corrected chi connectivity index (χ0v) is 15.2. The topological polar surface area (TPSA) is 65.8 Å². The third kappa shape index (κ3) is 4.35. The molecule has 2 amide bonds. The Balaban J connectivity index is 1.46. The summed E-state index contributed by atoms with van der Waals surface area (Å²) in [6.45, 7) is 2.86. The number of carbonyl (C=O) groups excluding carboxylic acids is 2. The lowest BCUT2D eigenvalue weighted by Gasteiger charge is -2.33. The normalized spacial score (nSPS) is 15.3. The number of amides is 2. The molecule has 0 radical (unpaired) electrons. The molecule has 1 saturated heterocycles. The fraction of sp³-hybridized carbons (Fsp3) is 0.294. The average molecular weight is 439 g/mol. The van der Waals surface area contributed by atoms with E-state index in [2.05, 4.69) is 27.9 Å². The van der Waals surface area contributed by atoms with Gasteiger partial charge < -0.3 is 14.6 Å². The number of anilines is 1. The van der Waals surface area contributed by atoms with Gasteiger partial charge in [0.1, 0.15) is 0 Å². The highest BCUT2D eigenvalue weighted by atomic mass is 127. The predicted octanol–water partition coefficient (Wildman–Crippen LogP) is 2.28. The lowest BCUT2D eigenvalue weighted by atomic mass is 10.2. The number of furan rings is 1. The molecule has 1 aliphatic rings. The van der Waals surface area contributed by atoms with Crippen LogP contribution in [0.5, 0.6) is 0 Å². The van der Waals surface area contributed by atoms with Gasteiger partial charge in [0.2, 0.25) is 5.91 Å². The van der Waals surface area contributed by atoms with Crippen LogP contribution in [0.15, 0.2) is 47.1 Å². The Morgan fingerprint density at radius 3 is 2.42 bits per heavy atom. The van der Waals surface area contributed by atoms with Gasteiger partial charge in [-0.2, -0.15) is 0 Å². The minimum atomic E-state index is -0.0945. The molecule has 1 N–H and O–H groups in total. The molecule has 2 heterocycles. The standard InChI is InChI=1S/C17H18IN3O3/c18-13-3-5-14(6-4-13)19-16(22)12-20-7-9-21(10-8-20)17(23)15-2-1-11-24-15/h1-6,11H,7-10,12H2,(H,19,22). The molecule has 0 atom stereocenters. The monoisotopic (exact) mass is 439 g/mol. The largest absolute Gasteiger partial charge is 0.459 e. The Hall–Kier alpha value is -1.87. The number of carbonyl (C=O) groups is 2. The second-order valence-corrected chi connectivity index (χ2v) is 6.85. The first kappa shape index (κ1) is 17.0. The zero-order valence-electron chi connectivity index (χ0n) is 13.1. The second kappa shape index (κ2) is 7.80. The van der Waals surface area contributed by atoms with E-state index in [1.807, 2.05) is 29.2 Å². The van der Waals surface area contributed by atoms with Crippen molar-refractivity contribution in [2.24, 2.45) is 0 Å². The van der Waals surface area contributed by atoms with Crippen molar-refractivity contribution in [2.75, 3.05) is 38.0 Å². The average Bonchev–Trinajstić information content (AvgIpc) is 3.11. The highest BCUT2D eigenvalue weighted by molar-refractivity contribution is 14.1. The predicted molar refractivity (Wildman–Crippen MR) is 98.8 cm³/mol. The van der Waals surface area contributed by atoms with Crippen LogP contribution in [0.2, 0.25) is 0 Å². The molecule has 0 saturated carbocycles. The zero-order chi connectivity index (χ0) is 16.9. The Morgan fingerprint density at radius 2 is 1.79 bits per heavy atom. The van der Waals surface area contributed by atoms with E-state index in [1.54, 1.807) is 17.0 Å². The van der Waals surface area contributed by atoms with Crippen molar-refractivity contribution < 1.29 is 14.0 Å². The first-order valence-electron chi connectivity index (χ1n) is 7.72. The van der Waals surface area contributed by atoms with Crippen molar-refractivity contribution in [3.63, 3.8) is 0 Å². The molecule has 6 nitrogen and oxygen atoms in total. The summed E-state index contributed by atoms with van der Waals surface area (Å²) >= 11 is 2.23. The van der Waals surface area contributed by atoms with Gasteiger partial charge in [0, 0.05) is 35.4 Å². The van der Waals surface area contributed by atoms with E-state index in [1.165, 1.54) is 6.26 Å². The van der Waals surface area contributed by atoms with Gasteiger partial charge in [-0.05, 0) is 59.0 Å². The summed E-state index contributed by atoms with van der Waals surface area (Å²) in [4.78, 5) is 28.1. The van der Waals surface area contributed by atoms with Gasteiger partial charge in [0.15, 0.2) is 5.76 Å². The smallest absolute Gasteiger partial charge is 0.289 e. The molecular formula is C17H18IN3O3. The Kier molecular flexibility index (Phi) is 5.52. The molecule has 1 aromatic carbocycles. The Labute approximate surface area is 153 Å². The van der Waals surface area contributed by atoms with Gasteiger partial charge in [0.25, 0.3) is 5.91 Å². The number of rotatable bonds is 4. The van der Waals surface area contributed by atoms with Crippen LogP contribution in [0.3, 0.4) is 0 Å². The highest BCUT2D eigenvalue weighted by Crippen LogP contribution is 2.12. The first-order chi connectivity index (χ1) is 11.6. The molecule has 0 spiro atoms. The number of piperazine rings is 1. The molecule has 3 rings (SSSR count). The van der Waals surface area contributed by atoms with Crippen molar-refractivity contribution >= 4 is 40.1 Å². The maximum Gasteiger partial charge on any atom is 0.289 e. The number of nitrogens with one attached hydrogen (secondary N) is 1. The summed E-state index contributed by atoms with van der Waals surface area (Å²) in [7, 11) is 0. The summed E-state index contributed by atoms with van der Waals surface area (Å²) in [6.07, 6.45) is 1.50. The van der Waals surface area contributed by atoms with Gasteiger partial charge in [-0.1, -0.05) is 0 Å². The number of nitrogens with zero attached hydrogens (tertiary/aromatic N) is 2. The highest BCUT2D eigenvalue weighted by Gasteiger charge is 2.24. The van der Waals surface area contributed by atoms with E-state index < -0.39 is 0 Å². The quantitative estimate of drug-likeness (QED) is 0.743. The van der Waals surface area contributed by atoms with Crippen LogP contribution < -0.4 is 5.32 Å². The van der Waals surface area contributed by atoms with Crippen LogP contribution in [0.25, 0.3) is 0 Å². The van der Waals surface area contributed by atoms with E-state index in [-0.39, 0.29) is 11.8 Å². The Bertz CT molecular complexity index is 692. The van der Waals surface area contributed by atoms with E-state index >= 15 is 0 Å². The van der Waals surface area contributed by atoms with E-state index in [9.17, 15) is 9.59 Å². The van der Waals surface area contributed by atoms with Crippen LogP contribution in [-0.4, -0.2) is 54.3 Å². The molecule has 1 fully saturated rings. The summed E-state index contributed by atoms with van der Waals surface area (Å²) in [6, 6.07) is 11.1. The van der Waals surface area contributed by atoms with Gasteiger partial charge in [-0.3, -0.25) is 14.5 Å². The van der Waals surface area contributed by atoms with Crippen LogP contribution >= 0.6 is 22.6 Å². The molecule has 2 aromatic rings. The van der Waals surface area contributed by atoms with Gasteiger partial charge >= 0.3 is 0 Å². The molecule has 7 heteroatoms. The number of benzene rings is 1. The summed E-state index contributed by atoms with van der Waals surface area (Å²) in [5, 5.41) is 2.89. The summed E-state index contributed by atoms with van der Waals surface area (Å²) in [5.41, 5.74) is 0.798. The third-order valence-electron chi connectivity index (χ3n) is 3.89. The molecule has 1 aliphatic heterocycles. The van der Waals surface area contributed by atoms with Crippen molar-refractivity contribution in [3.8, 4) is 0 Å². The van der Waals surface area contributed by atoms with Crippen molar-refractivity contribution in [1.82, 2.24) is 9.80 Å². The van der Waals surface area contributed by atoms with Crippen molar-refractivity contribution in [1.29, 1.82) is 0 Å². The molecule has 0 bridgehead atoms. The Morgan fingerprint density at radius 1 is 1.08 bits per heavy atom. The van der Waals surface area contributed by atoms with Gasteiger partial charge in [-0.25, -0.2) is 0 Å². The van der Waals surface area contributed by atoms with Gasteiger partial charge in [0.05, 0.1) is 12.8 Å². The molecule has 24 heavy (non-hydrogen) atoms. The van der Waals surface area contributed by atoms with E-state index in [0.717, 1.165) is 9.26 Å². The molecule has 126 valence electrons. The fourth-order valence-electron chi connectivity index (χ4n) is 2.60. The molecule has 0 aliphatic carbocycles. The van der Waals surface area contributed by atoms with E-state index in [4.69, 9.17) is 4.42 Å². The van der Waals surface area contributed by atoms with Crippen LogP contribution in [0.4, 0.5) is 5.69 Å². The fourth-order valence-corrected chi connectivity index (χ4v) is 2.96. The SMILES string of the molecule is O=C(CN1CCN(C(=O)c2ccco2)CC1)Nc1ccc(I)cc1. The third-order valence-corrected chi connectivity index (χ3v) is 4.61. The molecular weight excluding hydrogens is 421 g/mol. The first-order valence-corrected chi connectivity index (χ1v) is 8.80. The number of halogens is 1. The summed E-state index contributed by atoms with van der Waals surface area (Å²) in [5.74, 6) is 0.227.